The van der Waals surface area contributed by atoms with Gasteiger partial charge in [-0.2, -0.15) is 10.5 Å². The molecule has 5 heteroatoms. The number of fused-ring (bicyclic) bond motifs is 3. The molecule has 2 heterocycles. The Labute approximate surface area is 281 Å². The standard InChI is InChI=1S/C41H39N3S2/c1-39(2,3)27-9-13-29(14-10-27)44(30-15-11-28(12-16-30)40(4,5)6)31-17-19-33-34(22-31)41(7,8)35-23-37(46-38(33)35)36-20-18-32(45-36)21-26(24-42)25-43/h9-23H,1-8H3. The van der Waals surface area contributed by atoms with Crippen LogP contribution >= 0.6 is 22.7 Å². The Hall–Kier alpha value is -4.42. The second-order valence-electron chi connectivity index (χ2n) is 14.6. The van der Waals surface area contributed by atoms with Crippen molar-refractivity contribution in [3.63, 3.8) is 0 Å². The van der Waals surface area contributed by atoms with E-state index in [1.807, 2.05) is 29.5 Å². The van der Waals surface area contributed by atoms with E-state index in [0.29, 0.717) is 0 Å². The molecule has 0 fully saturated rings. The van der Waals surface area contributed by atoms with Gasteiger partial charge in [0.1, 0.15) is 17.7 Å². The molecule has 0 atom stereocenters. The van der Waals surface area contributed by atoms with E-state index in [1.165, 1.54) is 37.6 Å². The fourth-order valence-corrected chi connectivity index (χ4v) is 8.56. The van der Waals surface area contributed by atoms with Crippen molar-refractivity contribution < 1.29 is 0 Å². The fourth-order valence-electron chi connectivity index (χ4n) is 6.17. The molecular weight excluding hydrogens is 599 g/mol. The summed E-state index contributed by atoms with van der Waals surface area (Å²) in [6.45, 7) is 18.2. The number of anilines is 3. The maximum Gasteiger partial charge on any atom is 0.131 e. The maximum atomic E-state index is 9.17. The SMILES string of the molecule is CC(C)(C)c1ccc(N(c2ccc(C(C)(C)C)cc2)c2ccc3c(c2)C(C)(C)c2cc(-c4ccc(C=C(C#N)C#N)s4)sc2-3)cc1. The van der Waals surface area contributed by atoms with E-state index >= 15 is 0 Å². The average molecular weight is 638 g/mol. The second-order valence-corrected chi connectivity index (χ2v) is 16.8. The lowest BCUT2D eigenvalue weighted by atomic mass is 9.82. The third-order valence-corrected chi connectivity index (χ3v) is 11.4. The highest BCUT2D eigenvalue weighted by molar-refractivity contribution is 7.24. The first-order valence-electron chi connectivity index (χ1n) is 15.6. The van der Waals surface area contributed by atoms with Crippen molar-refractivity contribution in [2.75, 3.05) is 4.90 Å². The zero-order chi connectivity index (χ0) is 33.0. The summed E-state index contributed by atoms with van der Waals surface area (Å²) in [5.74, 6) is 0. The quantitative estimate of drug-likeness (QED) is 0.180. The lowest BCUT2D eigenvalue weighted by molar-refractivity contribution is 0.590. The van der Waals surface area contributed by atoms with Crippen molar-refractivity contribution in [3.05, 3.63) is 118 Å². The van der Waals surface area contributed by atoms with E-state index in [0.717, 1.165) is 26.8 Å². The van der Waals surface area contributed by atoms with Gasteiger partial charge in [0.05, 0.1) is 0 Å². The molecule has 0 bridgehead atoms. The molecule has 0 aliphatic heterocycles. The van der Waals surface area contributed by atoms with Crippen LogP contribution in [0.15, 0.2) is 90.5 Å². The van der Waals surface area contributed by atoms with Gasteiger partial charge in [-0.15, -0.1) is 22.7 Å². The topological polar surface area (TPSA) is 50.8 Å². The van der Waals surface area contributed by atoms with Crippen molar-refractivity contribution in [3.8, 4) is 32.3 Å². The number of hydrogen-bond acceptors (Lipinski definition) is 5. The predicted molar refractivity (Wildman–Crippen MR) is 196 cm³/mol. The summed E-state index contributed by atoms with van der Waals surface area (Å²) < 4.78 is 0. The van der Waals surface area contributed by atoms with E-state index in [1.54, 1.807) is 17.4 Å². The summed E-state index contributed by atoms with van der Waals surface area (Å²) in [5.41, 5.74) is 10.2. The van der Waals surface area contributed by atoms with Crippen LogP contribution in [0.4, 0.5) is 17.1 Å². The highest BCUT2D eigenvalue weighted by Gasteiger charge is 2.38. The molecule has 3 aromatic carbocycles. The molecular formula is C41H39N3S2. The van der Waals surface area contributed by atoms with Gasteiger partial charge in [0.15, 0.2) is 0 Å². The van der Waals surface area contributed by atoms with Crippen LogP contribution in [0.5, 0.6) is 0 Å². The van der Waals surface area contributed by atoms with Crippen molar-refractivity contribution in [1.82, 2.24) is 0 Å². The zero-order valence-corrected chi connectivity index (χ0v) is 29.5. The summed E-state index contributed by atoms with van der Waals surface area (Å²) in [6.07, 6.45) is 1.66. The average Bonchev–Trinajstić information content (AvgIpc) is 3.72. The smallest absolute Gasteiger partial charge is 0.131 e. The Bertz CT molecular complexity index is 1970. The van der Waals surface area contributed by atoms with Gasteiger partial charge < -0.3 is 4.90 Å². The highest BCUT2D eigenvalue weighted by Crippen LogP contribution is 2.55. The van der Waals surface area contributed by atoms with Gasteiger partial charge in [0.25, 0.3) is 0 Å². The Balaban J connectivity index is 1.41. The number of nitriles is 2. The van der Waals surface area contributed by atoms with Crippen LogP contribution in [-0.2, 0) is 16.2 Å². The van der Waals surface area contributed by atoms with Crippen LogP contribution in [-0.4, -0.2) is 0 Å². The summed E-state index contributed by atoms with van der Waals surface area (Å²) in [6, 6.07) is 35.3. The van der Waals surface area contributed by atoms with Gasteiger partial charge >= 0.3 is 0 Å². The fraction of sp³-hybridized carbons (Fsp3) is 0.268. The van der Waals surface area contributed by atoms with E-state index in [4.69, 9.17) is 10.5 Å². The van der Waals surface area contributed by atoms with Gasteiger partial charge in [0.2, 0.25) is 0 Å². The Kier molecular flexibility index (Phi) is 7.84. The van der Waals surface area contributed by atoms with E-state index < -0.39 is 0 Å². The molecule has 0 amide bonds. The third kappa shape index (κ3) is 5.71. The second kappa shape index (κ2) is 11.4. The number of benzene rings is 3. The number of hydrogen-bond donors (Lipinski definition) is 0. The molecule has 0 N–H and O–H groups in total. The molecule has 5 aromatic rings. The molecule has 1 aliphatic rings. The van der Waals surface area contributed by atoms with Gasteiger partial charge in [0, 0.05) is 42.0 Å². The lowest BCUT2D eigenvalue weighted by Gasteiger charge is -2.29. The Morgan fingerprint density at radius 3 is 1.72 bits per heavy atom. The monoisotopic (exact) mass is 637 g/mol. The Morgan fingerprint density at radius 1 is 0.652 bits per heavy atom. The van der Waals surface area contributed by atoms with Gasteiger partial charge in [-0.3, -0.25) is 0 Å². The number of rotatable bonds is 5. The number of allylic oxidation sites excluding steroid dienone is 1. The minimum Gasteiger partial charge on any atom is -0.310 e. The summed E-state index contributed by atoms with van der Waals surface area (Å²) in [4.78, 5) is 6.98. The predicted octanol–water partition coefficient (Wildman–Crippen LogP) is 12.3. The maximum absolute atomic E-state index is 9.17. The Morgan fingerprint density at radius 2 is 1.20 bits per heavy atom. The van der Waals surface area contributed by atoms with Crippen LogP contribution in [0.1, 0.15) is 82.5 Å². The minimum atomic E-state index is -0.165. The minimum absolute atomic E-state index is 0.0865. The van der Waals surface area contributed by atoms with Gasteiger partial charge in [-0.25, -0.2) is 0 Å². The van der Waals surface area contributed by atoms with Crippen molar-refractivity contribution >= 4 is 45.8 Å². The highest BCUT2D eigenvalue weighted by atomic mass is 32.1. The van der Waals surface area contributed by atoms with Crippen LogP contribution in [0.3, 0.4) is 0 Å². The molecule has 230 valence electrons. The molecule has 0 saturated heterocycles. The third-order valence-electron chi connectivity index (χ3n) is 8.96. The van der Waals surface area contributed by atoms with Crippen LogP contribution in [0, 0.1) is 22.7 Å². The van der Waals surface area contributed by atoms with Crippen molar-refractivity contribution in [2.45, 2.75) is 71.6 Å². The van der Waals surface area contributed by atoms with E-state index in [9.17, 15) is 0 Å². The van der Waals surface area contributed by atoms with Crippen LogP contribution < -0.4 is 4.90 Å². The molecule has 0 saturated carbocycles. The zero-order valence-electron chi connectivity index (χ0n) is 27.8. The molecule has 1 aliphatic carbocycles. The lowest BCUT2D eigenvalue weighted by Crippen LogP contribution is -2.17. The van der Waals surface area contributed by atoms with E-state index in [-0.39, 0.29) is 21.8 Å². The normalized spacial score (nSPS) is 13.3. The molecule has 0 radical (unpaired) electrons. The number of nitrogens with zero attached hydrogens (tertiary/aromatic N) is 3. The van der Waals surface area contributed by atoms with Gasteiger partial charge in [-0.1, -0.05) is 85.7 Å². The summed E-state index contributed by atoms with van der Waals surface area (Å²) in [5, 5.41) is 18.3. The summed E-state index contributed by atoms with van der Waals surface area (Å²) >= 11 is 3.44. The first kappa shape index (κ1) is 31.6. The van der Waals surface area contributed by atoms with Crippen LogP contribution in [0.2, 0.25) is 0 Å². The first-order valence-corrected chi connectivity index (χ1v) is 17.3. The van der Waals surface area contributed by atoms with Crippen molar-refractivity contribution in [2.24, 2.45) is 0 Å². The molecule has 2 aromatic heterocycles. The largest absolute Gasteiger partial charge is 0.310 e. The molecule has 0 spiro atoms. The first-order chi connectivity index (χ1) is 21.7. The summed E-state index contributed by atoms with van der Waals surface area (Å²) in [7, 11) is 0. The number of thiophene rings is 2. The molecule has 3 nitrogen and oxygen atoms in total. The molecule has 6 rings (SSSR count). The molecule has 46 heavy (non-hydrogen) atoms. The van der Waals surface area contributed by atoms with Gasteiger partial charge in [-0.05, 0) is 99.3 Å². The van der Waals surface area contributed by atoms with Crippen LogP contribution in [0.25, 0.3) is 26.3 Å². The van der Waals surface area contributed by atoms with Crippen molar-refractivity contribution in [1.29, 1.82) is 10.5 Å². The van der Waals surface area contributed by atoms with E-state index in [2.05, 4.69) is 139 Å². The molecule has 0 unspecified atom stereocenters.